The van der Waals surface area contributed by atoms with Crippen LogP contribution in [-0.2, 0) is 11.2 Å². The molecule has 0 aliphatic carbocycles. The molecule has 0 radical (unpaired) electrons. The number of carboxylic acid groups (broad SMARTS) is 1. The van der Waals surface area contributed by atoms with Crippen molar-refractivity contribution in [3.05, 3.63) is 83.6 Å². The second-order valence-corrected chi connectivity index (χ2v) is 6.34. The lowest BCUT2D eigenvalue weighted by atomic mass is 10.0. The van der Waals surface area contributed by atoms with Crippen LogP contribution in [0.1, 0.15) is 18.1 Å². The van der Waals surface area contributed by atoms with Crippen molar-refractivity contribution in [2.45, 2.75) is 20.3 Å². The third-order valence-corrected chi connectivity index (χ3v) is 4.21. The molecule has 0 fully saturated rings. The molecule has 0 aliphatic heterocycles. The van der Waals surface area contributed by atoms with Crippen LogP contribution in [0.15, 0.2) is 72.4 Å². The van der Waals surface area contributed by atoms with Crippen LogP contribution >= 0.6 is 0 Å². The predicted molar refractivity (Wildman–Crippen MR) is 111 cm³/mol. The van der Waals surface area contributed by atoms with E-state index in [1.807, 2.05) is 61.5 Å². The Morgan fingerprint density at radius 3 is 2.54 bits per heavy atom. The molecule has 6 heteroatoms. The second kappa shape index (κ2) is 8.81. The maximum atomic E-state index is 11.2. The third-order valence-electron chi connectivity index (χ3n) is 4.21. The van der Waals surface area contributed by atoms with Gasteiger partial charge in [-0.05, 0) is 43.7 Å². The molecule has 0 unspecified atom stereocenters. The van der Waals surface area contributed by atoms with Gasteiger partial charge in [-0.1, -0.05) is 36.4 Å². The second-order valence-electron chi connectivity index (χ2n) is 6.34. The summed E-state index contributed by atoms with van der Waals surface area (Å²) in [7, 11) is 0. The zero-order valence-electron chi connectivity index (χ0n) is 15.8. The number of para-hydroxylation sites is 1. The molecule has 142 valence electrons. The van der Waals surface area contributed by atoms with Gasteiger partial charge in [0, 0.05) is 35.1 Å². The lowest BCUT2D eigenvalue weighted by Crippen LogP contribution is -2.05. The van der Waals surface area contributed by atoms with Gasteiger partial charge in [0.25, 0.3) is 0 Å². The molecule has 0 spiro atoms. The molecule has 3 N–H and O–H groups in total. The highest BCUT2D eigenvalue weighted by atomic mass is 16.4. The molecule has 28 heavy (non-hydrogen) atoms. The number of anilines is 4. The first-order valence-electron chi connectivity index (χ1n) is 8.95. The molecule has 0 amide bonds. The van der Waals surface area contributed by atoms with Crippen molar-refractivity contribution < 1.29 is 9.90 Å². The number of nitrogens with zero attached hydrogens (tertiary/aromatic N) is 2. The average Bonchev–Trinajstić information content (AvgIpc) is 2.69. The fraction of sp³-hybridized carbons (Fsp3) is 0.136. The maximum absolute atomic E-state index is 11.2. The lowest BCUT2D eigenvalue weighted by molar-refractivity contribution is -0.132. The fourth-order valence-electron chi connectivity index (χ4n) is 2.70. The number of carbonyl (C=O) groups is 1. The fourth-order valence-corrected chi connectivity index (χ4v) is 2.70. The van der Waals surface area contributed by atoms with Gasteiger partial charge < -0.3 is 15.7 Å². The number of hydrogen-bond donors (Lipinski definition) is 3. The van der Waals surface area contributed by atoms with Crippen molar-refractivity contribution in [1.82, 2.24) is 9.97 Å². The number of aliphatic carboxylic acids is 1. The molecule has 2 aromatic carbocycles. The van der Waals surface area contributed by atoms with Gasteiger partial charge in [0.05, 0.1) is 0 Å². The molecule has 0 atom stereocenters. The van der Waals surface area contributed by atoms with Gasteiger partial charge in [-0.15, -0.1) is 0 Å². The van der Waals surface area contributed by atoms with E-state index in [1.165, 1.54) is 0 Å². The van der Waals surface area contributed by atoms with Gasteiger partial charge in [0.2, 0.25) is 5.95 Å². The van der Waals surface area contributed by atoms with E-state index in [4.69, 9.17) is 0 Å². The first-order chi connectivity index (χ1) is 13.5. The van der Waals surface area contributed by atoms with Crippen LogP contribution < -0.4 is 10.6 Å². The standard InChI is InChI=1S/C22H22N4O2/c1-3-17(21(27)28)12-16-8-7-11-19(13-16)24-20-15(2)14-23-22(26-20)25-18-9-5-4-6-10-18/h3-11,13-14H,12H2,1-2H3,(H,27,28)(H2,23,24,25,26)/b17-3+. The molecule has 1 heterocycles. The summed E-state index contributed by atoms with van der Waals surface area (Å²) in [6.45, 7) is 3.66. The van der Waals surface area contributed by atoms with Crippen LogP contribution in [0.3, 0.4) is 0 Å². The molecule has 3 rings (SSSR count). The van der Waals surface area contributed by atoms with Crippen molar-refractivity contribution in [2.24, 2.45) is 0 Å². The van der Waals surface area contributed by atoms with E-state index in [2.05, 4.69) is 20.6 Å². The number of rotatable bonds is 7. The molecular weight excluding hydrogens is 352 g/mol. The molecule has 0 aliphatic rings. The van der Waals surface area contributed by atoms with Crippen LogP contribution in [-0.4, -0.2) is 21.0 Å². The number of carboxylic acids is 1. The number of allylic oxidation sites excluding steroid dienone is 1. The van der Waals surface area contributed by atoms with E-state index in [0.29, 0.717) is 23.8 Å². The molecule has 0 bridgehead atoms. The van der Waals surface area contributed by atoms with Gasteiger partial charge in [-0.25, -0.2) is 9.78 Å². The van der Waals surface area contributed by atoms with Crippen LogP contribution in [0.25, 0.3) is 0 Å². The van der Waals surface area contributed by atoms with Crippen molar-refractivity contribution >= 4 is 29.1 Å². The first kappa shape index (κ1) is 19.1. The minimum Gasteiger partial charge on any atom is -0.478 e. The smallest absolute Gasteiger partial charge is 0.331 e. The minimum absolute atomic E-state index is 0.365. The Labute approximate surface area is 164 Å². The van der Waals surface area contributed by atoms with Crippen molar-refractivity contribution in [3.63, 3.8) is 0 Å². The summed E-state index contributed by atoms with van der Waals surface area (Å²) in [4.78, 5) is 20.1. The Hall–Kier alpha value is -3.67. The zero-order chi connectivity index (χ0) is 19.9. The van der Waals surface area contributed by atoms with Gasteiger partial charge in [-0.2, -0.15) is 4.98 Å². The van der Waals surface area contributed by atoms with Crippen molar-refractivity contribution in [3.8, 4) is 0 Å². The van der Waals surface area contributed by atoms with Crippen LogP contribution in [0.4, 0.5) is 23.1 Å². The molecule has 3 aromatic rings. The van der Waals surface area contributed by atoms with Crippen LogP contribution in [0.2, 0.25) is 0 Å². The Kier molecular flexibility index (Phi) is 6.01. The van der Waals surface area contributed by atoms with Crippen molar-refractivity contribution in [1.29, 1.82) is 0 Å². The molecule has 0 saturated heterocycles. The van der Waals surface area contributed by atoms with Crippen molar-refractivity contribution in [2.75, 3.05) is 10.6 Å². The van der Waals surface area contributed by atoms with E-state index >= 15 is 0 Å². The largest absolute Gasteiger partial charge is 0.478 e. The summed E-state index contributed by atoms with van der Waals surface area (Å²) in [5.41, 5.74) is 3.93. The van der Waals surface area contributed by atoms with Gasteiger partial charge in [-0.3, -0.25) is 0 Å². The first-order valence-corrected chi connectivity index (χ1v) is 8.95. The van der Waals surface area contributed by atoms with Gasteiger partial charge in [0.1, 0.15) is 5.82 Å². The minimum atomic E-state index is -0.899. The number of aryl methyl sites for hydroxylation is 1. The normalized spacial score (nSPS) is 11.1. The number of hydrogen-bond acceptors (Lipinski definition) is 5. The number of nitrogens with one attached hydrogen (secondary N) is 2. The zero-order valence-corrected chi connectivity index (χ0v) is 15.8. The van der Waals surface area contributed by atoms with E-state index in [-0.39, 0.29) is 0 Å². The maximum Gasteiger partial charge on any atom is 0.331 e. The summed E-state index contributed by atoms with van der Waals surface area (Å²) < 4.78 is 0. The SMILES string of the molecule is C/C=C(\Cc1cccc(Nc2nc(Nc3ccccc3)ncc2C)c1)C(=O)O. The van der Waals surface area contributed by atoms with E-state index < -0.39 is 5.97 Å². The molecular formula is C22H22N4O2. The highest BCUT2D eigenvalue weighted by Gasteiger charge is 2.09. The summed E-state index contributed by atoms with van der Waals surface area (Å²) >= 11 is 0. The summed E-state index contributed by atoms with van der Waals surface area (Å²) in [6, 6.07) is 17.4. The number of aromatic nitrogens is 2. The van der Waals surface area contributed by atoms with E-state index in [9.17, 15) is 9.90 Å². The van der Waals surface area contributed by atoms with Crippen LogP contribution in [0.5, 0.6) is 0 Å². The molecule has 6 nitrogen and oxygen atoms in total. The predicted octanol–water partition coefficient (Wildman–Crippen LogP) is 4.85. The Morgan fingerprint density at radius 1 is 1.07 bits per heavy atom. The lowest BCUT2D eigenvalue weighted by Gasteiger charge is -2.12. The van der Waals surface area contributed by atoms with Gasteiger partial charge in [0.15, 0.2) is 0 Å². The Morgan fingerprint density at radius 2 is 1.82 bits per heavy atom. The summed E-state index contributed by atoms with van der Waals surface area (Å²) in [6.07, 6.45) is 3.75. The highest BCUT2D eigenvalue weighted by Crippen LogP contribution is 2.22. The molecule has 1 aromatic heterocycles. The van der Waals surface area contributed by atoms with Gasteiger partial charge >= 0.3 is 5.97 Å². The van der Waals surface area contributed by atoms with E-state index in [1.54, 1.807) is 19.2 Å². The third kappa shape index (κ3) is 4.94. The van der Waals surface area contributed by atoms with Crippen LogP contribution in [0, 0.1) is 6.92 Å². The monoisotopic (exact) mass is 374 g/mol. The highest BCUT2D eigenvalue weighted by molar-refractivity contribution is 5.87. The summed E-state index contributed by atoms with van der Waals surface area (Å²) in [5, 5.41) is 15.7. The number of benzene rings is 2. The molecule has 0 saturated carbocycles. The average molecular weight is 374 g/mol. The van der Waals surface area contributed by atoms with E-state index in [0.717, 1.165) is 22.5 Å². The Bertz CT molecular complexity index is 1000. The quantitative estimate of drug-likeness (QED) is 0.513. The topological polar surface area (TPSA) is 87.1 Å². The Balaban J connectivity index is 1.79. The summed E-state index contributed by atoms with van der Waals surface area (Å²) in [5.74, 6) is 0.289.